The number of halogens is 1. The monoisotopic (exact) mass is 390 g/mol. The topological polar surface area (TPSA) is 85.0 Å². The molecule has 5 rings (SSSR count). The lowest BCUT2D eigenvalue weighted by atomic mass is 9.96. The number of H-pyrrole nitrogens is 2. The van der Waals surface area contributed by atoms with Crippen LogP contribution in [-0.2, 0) is 19.6 Å². The Balaban J connectivity index is 1.56. The number of hydrogen-bond acceptors (Lipinski definition) is 3. The Morgan fingerprint density at radius 3 is 2.93 bits per heavy atom. The number of carbonyl (C=O) groups is 1. The number of fused-ring (bicyclic) bond motifs is 2. The van der Waals surface area contributed by atoms with E-state index in [9.17, 15) is 14.3 Å². The minimum Gasteiger partial charge on any atom is -0.392 e. The third-order valence-corrected chi connectivity index (χ3v) is 5.52. The van der Waals surface area contributed by atoms with Crippen molar-refractivity contribution >= 4 is 16.8 Å². The summed E-state index contributed by atoms with van der Waals surface area (Å²) in [7, 11) is 0. The molecule has 7 heteroatoms. The zero-order chi connectivity index (χ0) is 20.0. The lowest BCUT2D eigenvalue weighted by Crippen LogP contribution is -2.36. The molecule has 3 heterocycles. The van der Waals surface area contributed by atoms with Crippen molar-refractivity contribution in [3.8, 4) is 11.1 Å². The molecule has 6 nitrogen and oxygen atoms in total. The predicted molar refractivity (Wildman–Crippen MR) is 107 cm³/mol. The molecule has 2 aromatic carbocycles. The number of carbonyl (C=O) groups excluding carboxylic acids is 1. The molecular formula is C22H19FN4O2. The summed E-state index contributed by atoms with van der Waals surface area (Å²) in [4.78, 5) is 25.5. The highest BCUT2D eigenvalue weighted by atomic mass is 19.1. The summed E-state index contributed by atoms with van der Waals surface area (Å²) in [5, 5.41) is 10.2. The van der Waals surface area contributed by atoms with Crippen LogP contribution in [0.5, 0.6) is 0 Å². The molecule has 0 saturated carbocycles. The van der Waals surface area contributed by atoms with Gasteiger partial charge in [-0.3, -0.25) is 4.79 Å². The van der Waals surface area contributed by atoms with Gasteiger partial charge < -0.3 is 20.0 Å². The van der Waals surface area contributed by atoms with E-state index in [-0.39, 0.29) is 18.3 Å². The number of nitrogens with zero attached hydrogens (tertiary/aromatic N) is 2. The molecule has 0 radical (unpaired) electrons. The second-order valence-electron chi connectivity index (χ2n) is 7.20. The first-order chi connectivity index (χ1) is 14.2. The average molecular weight is 390 g/mol. The minimum atomic E-state index is -0.369. The number of imidazole rings is 1. The molecule has 0 aliphatic carbocycles. The summed E-state index contributed by atoms with van der Waals surface area (Å²) >= 11 is 0. The van der Waals surface area contributed by atoms with E-state index < -0.39 is 0 Å². The van der Waals surface area contributed by atoms with Crippen LogP contribution in [0.2, 0.25) is 0 Å². The maximum Gasteiger partial charge on any atom is 0.256 e. The lowest BCUT2D eigenvalue weighted by molar-refractivity contribution is 0.0733. The molecule has 0 bridgehead atoms. The summed E-state index contributed by atoms with van der Waals surface area (Å²) in [6.45, 7) is 0.934. The fourth-order valence-electron chi connectivity index (χ4n) is 4.00. The Morgan fingerprint density at radius 2 is 2.07 bits per heavy atom. The van der Waals surface area contributed by atoms with Crippen molar-refractivity contribution in [3.63, 3.8) is 0 Å². The molecule has 4 aromatic rings. The van der Waals surface area contributed by atoms with Gasteiger partial charge in [0.15, 0.2) is 0 Å². The number of amides is 1. The van der Waals surface area contributed by atoms with Crippen molar-refractivity contribution in [1.29, 1.82) is 0 Å². The van der Waals surface area contributed by atoms with E-state index in [4.69, 9.17) is 0 Å². The van der Waals surface area contributed by atoms with Crippen LogP contribution in [0.1, 0.15) is 27.3 Å². The van der Waals surface area contributed by atoms with Gasteiger partial charge >= 0.3 is 0 Å². The van der Waals surface area contributed by atoms with Gasteiger partial charge in [0, 0.05) is 30.1 Å². The molecule has 3 N–H and O–H groups in total. The highest BCUT2D eigenvalue weighted by Crippen LogP contribution is 2.33. The third-order valence-electron chi connectivity index (χ3n) is 5.52. The van der Waals surface area contributed by atoms with Crippen LogP contribution in [0.3, 0.4) is 0 Å². The van der Waals surface area contributed by atoms with Gasteiger partial charge in [-0.25, -0.2) is 9.37 Å². The molecule has 0 spiro atoms. The van der Waals surface area contributed by atoms with E-state index in [1.807, 2.05) is 6.07 Å². The van der Waals surface area contributed by atoms with Crippen molar-refractivity contribution in [1.82, 2.24) is 19.9 Å². The largest absolute Gasteiger partial charge is 0.392 e. The van der Waals surface area contributed by atoms with E-state index >= 15 is 0 Å². The summed E-state index contributed by atoms with van der Waals surface area (Å²) in [5.41, 5.74) is 4.92. The van der Waals surface area contributed by atoms with Crippen LogP contribution in [0.15, 0.2) is 48.9 Å². The molecule has 0 fully saturated rings. The molecule has 1 aliphatic heterocycles. The second-order valence-corrected chi connectivity index (χ2v) is 7.20. The van der Waals surface area contributed by atoms with E-state index in [0.29, 0.717) is 40.9 Å². The molecular weight excluding hydrogens is 371 g/mol. The van der Waals surface area contributed by atoms with Crippen LogP contribution >= 0.6 is 0 Å². The van der Waals surface area contributed by atoms with Crippen LogP contribution in [0.25, 0.3) is 22.0 Å². The van der Waals surface area contributed by atoms with Crippen molar-refractivity contribution in [2.24, 2.45) is 0 Å². The van der Waals surface area contributed by atoms with Gasteiger partial charge in [0.1, 0.15) is 5.82 Å². The zero-order valence-corrected chi connectivity index (χ0v) is 15.6. The normalized spacial score (nSPS) is 13.7. The van der Waals surface area contributed by atoms with Gasteiger partial charge in [0.05, 0.1) is 41.9 Å². The molecule has 0 unspecified atom stereocenters. The van der Waals surface area contributed by atoms with Crippen molar-refractivity contribution in [2.75, 3.05) is 6.54 Å². The number of hydrogen-bond donors (Lipinski definition) is 3. The molecule has 0 atom stereocenters. The lowest BCUT2D eigenvalue weighted by Gasteiger charge is -2.26. The van der Waals surface area contributed by atoms with E-state index in [2.05, 4.69) is 15.0 Å². The maximum atomic E-state index is 14.5. The maximum absolute atomic E-state index is 14.5. The zero-order valence-electron chi connectivity index (χ0n) is 15.6. The standard InChI is InChI=1S/C22H19FN4O2/c23-18-4-1-13(11-28)9-17(18)14-2-3-16(21-15(14)5-7-24-21)22(29)27-8-6-19-20(10-27)26-12-25-19/h1-5,7,9,12,24,28H,6,8,10-11H2,(H,25,26). The molecule has 2 aromatic heterocycles. The van der Waals surface area contributed by atoms with Gasteiger partial charge in [-0.05, 0) is 35.4 Å². The van der Waals surface area contributed by atoms with E-state index in [0.717, 1.165) is 23.2 Å². The van der Waals surface area contributed by atoms with Crippen molar-refractivity contribution < 1.29 is 14.3 Å². The van der Waals surface area contributed by atoms with Crippen LogP contribution in [0, 0.1) is 5.82 Å². The van der Waals surface area contributed by atoms with Gasteiger partial charge in [-0.15, -0.1) is 0 Å². The number of nitrogens with one attached hydrogen (secondary N) is 2. The number of rotatable bonds is 3. The Kier molecular flexibility index (Phi) is 4.17. The van der Waals surface area contributed by atoms with Gasteiger partial charge in [0.2, 0.25) is 0 Å². The summed E-state index contributed by atoms with van der Waals surface area (Å²) in [6, 6.07) is 9.91. The first-order valence-electron chi connectivity index (χ1n) is 9.46. The highest BCUT2D eigenvalue weighted by Gasteiger charge is 2.25. The second kappa shape index (κ2) is 6.86. The molecule has 0 saturated heterocycles. The predicted octanol–water partition coefficient (Wildman–Crippen LogP) is 3.39. The van der Waals surface area contributed by atoms with E-state index in [1.54, 1.807) is 41.7 Å². The number of aromatic nitrogens is 3. The first-order valence-corrected chi connectivity index (χ1v) is 9.46. The third kappa shape index (κ3) is 2.91. The quantitative estimate of drug-likeness (QED) is 0.501. The van der Waals surface area contributed by atoms with Crippen LogP contribution < -0.4 is 0 Å². The molecule has 1 amide bonds. The van der Waals surface area contributed by atoms with E-state index in [1.165, 1.54) is 6.07 Å². The van der Waals surface area contributed by atoms with Gasteiger partial charge in [-0.1, -0.05) is 12.1 Å². The van der Waals surface area contributed by atoms with Crippen LogP contribution in [0.4, 0.5) is 4.39 Å². The minimum absolute atomic E-state index is 0.0752. The van der Waals surface area contributed by atoms with Crippen molar-refractivity contribution in [2.45, 2.75) is 19.6 Å². The van der Waals surface area contributed by atoms with Crippen LogP contribution in [-0.4, -0.2) is 37.4 Å². The Hall–Kier alpha value is -3.45. The van der Waals surface area contributed by atoms with Crippen molar-refractivity contribution in [3.05, 3.63) is 77.3 Å². The SMILES string of the molecule is O=C(c1ccc(-c2cc(CO)ccc2F)c2cc[nH]c12)N1CCc2nc[nH]c2C1. The molecule has 146 valence electrons. The average Bonchev–Trinajstić information content (AvgIpc) is 3.42. The van der Waals surface area contributed by atoms with Gasteiger partial charge in [0.25, 0.3) is 5.91 Å². The highest BCUT2D eigenvalue weighted by molar-refractivity contribution is 6.09. The number of aliphatic hydroxyl groups excluding tert-OH is 1. The summed E-state index contributed by atoms with van der Waals surface area (Å²) in [5.74, 6) is -0.444. The number of aliphatic hydroxyl groups is 1. The Labute approximate surface area is 166 Å². The number of benzene rings is 2. The molecule has 29 heavy (non-hydrogen) atoms. The molecule has 1 aliphatic rings. The Bertz CT molecular complexity index is 1230. The number of aromatic amines is 2. The fraction of sp³-hybridized carbons (Fsp3) is 0.182. The fourth-order valence-corrected chi connectivity index (χ4v) is 4.00. The Morgan fingerprint density at radius 1 is 1.17 bits per heavy atom. The smallest absolute Gasteiger partial charge is 0.256 e. The first kappa shape index (κ1) is 17.6. The van der Waals surface area contributed by atoms with Gasteiger partial charge in [-0.2, -0.15) is 0 Å². The summed E-state index contributed by atoms with van der Waals surface area (Å²) < 4.78 is 14.5. The summed E-state index contributed by atoms with van der Waals surface area (Å²) in [6.07, 6.45) is 4.13.